The van der Waals surface area contributed by atoms with Gasteiger partial charge in [-0.1, -0.05) is 18.2 Å². The van der Waals surface area contributed by atoms with Crippen molar-refractivity contribution in [1.82, 2.24) is 0 Å². The van der Waals surface area contributed by atoms with E-state index < -0.39 is 0 Å². The Balaban J connectivity index is 3.02. The van der Waals surface area contributed by atoms with E-state index in [1.165, 1.54) is 6.92 Å². The number of para-hydroxylation sites is 1. The van der Waals surface area contributed by atoms with Crippen LogP contribution in [0.15, 0.2) is 18.2 Å². The van der Waals surface area contributed by atoms with Crippen LogP contribution in [0.1, 0.15) is 18.1 Å². The summed E-state index contributed by atoms with van der Waals surface area (Å²) in [6.07, 6.45) is 0.378. The number of phenols is 1. The summed E-state index contributed by atoms with van der Waals surface area (Å²) in [7, 11) is 0. The largest absolute Gasteiger partial charge is 0.507 e. The lowest BCUT2D eigenvalue weighted by molar-refractivity contribution is -0.116. The van der Waals surface area contributed by atoms with E-state index in [0.717, 1.165) is 0 Å². The Bertz CT molecular complexity index is 391. The lowest BCUT2D eigenvalue weighted by Gasteiger charge is -2.05. The molecule has 0 radical (unpaired) electrons. The molecule has 1 rings (SSSR count). The molecule has 0 atom stereocenters. The third-order valence-electron chi connectivity index (χ3n) is 1.91. The average Bonchev–Trinajstić information content (AvgIpc) is 2.11. The SMILES string of the molecule is CC(=O)Cc1cccc(CC#N)c1O. The monoisotopic (exact) mass is 189 g/mol. The summed E-state index contributed by atoms with van der Waals surface area (Å²) in [5.74, 6) is 0.0682. The summed E-state index contributed by atoms with van der Waals surface area (Å²) in [6.45, 7) is 1.47. The second-order valence-electron chi connectivity index (χ2n) is 3.14. The standard InChI is InChI=1S/C11H11NO2/c1-8(13)7-10-4-2-3-9(5-6-12)11(10)14/h2-4,14H,5,7H2,1H3. The quantitative estimate of drug-likeness (QED) is 0.785. The summed E-state index contributed by atoms with van der Waals surface area (Å²) >= 11 is 0. The Morgan fingerprint density at radius 3 is 2.71 bits per heavy atom. The third kappa shape index (κ3) is 2.33. The van der Waals surface area contributed by atoms with Gasteiger partial charge >= 0.3 is 0 Å². The van der Waals surface area contributed by atoms with Crippen molar-refractivity contribution in [2.75, 3.05) is 0 Å². The molecule has 0 saturated heterocycles. The Morgan fingerprint density at radius 1 is 1.50 bits per heavy atom. The van der Waals surface area contributed by atoms with Crippen molar-refractivity contribution in [2.24, 2.45) is 0 Å². The lowest BCUT2D eigenvalue weighted by atomic mass is 10.0. The van der Waals surface area contributed by atoms with E-state index in [2.05, 4.69) is 0 Å². The van der Waals surface area contributed by atoms with Crippen LogP contribution in [0.4, 0.5) is 0 Å². The van der Waals surface area contributed by atoms with Crippen molar-refractivity contribution in [2.45, 2.75) is 19.8 Å². The molecule has 0 aliphatic heterocycles. The first kappa shape index (κ1) is 10.3. The third-order valence-corrected chi connectivity index (χ3v) is 1.91. The Morgan fingerprint density at radius 2 is 2.14 bits per heavy atom. The van der Waals surface area contributed by atoms with Crippen LogP contribution in [-0.2, 0) is 17.6 Å². The fraction of sp³-hybridized carbons (Fsp3) is 0.273. The van der Waals surface area contributed by atoms with E-state index in [4.69, 9.17) is 5.26 Å². The minimum atomic E-state index is -0.00518. The summed E-state index contributed by atoms with van der Waals surface area (Å²) in [5.41, 5.74) is 1.16. The summed E-state index contributed by atoms with van der Waals surface area (Å²) in [5, 5.41) is 18.2. The first-order valence-electron chi connectivity index (χ1n) is 4.31. The van der Waals surface area contributed by atoms with Crippen molar-refractivity contribution in [3.8, 4) is 11.8 Å². The molecule has 0 unspecified atom stereocenters. The number of hydrogen-bond acceptors (Lipinski definition) is 3. The van der Waals surface area contributed by atoms with Gasteiger partial charge in [-0.2, -0.15) is 5.26 Å². The normalized spacial score (nSPS) is 9.43. The zero-order chi connectivity index (χ0) is 10.6. The fourth-order valence-electron chi connectivity index (χ4n) is 1.28. The molecule has 0 aliphatic carbocycles. The van der Waals surface area contributed by atoms with Crippen LogP contribution >= 0.6 is 0 Å². The molecule has 0 fully saturated rings. The number of nitriles is 1. The van der Waals surface area contributed by atoms with Gasteiger partial charge in [0.05, 0.1) is 12.5 Å². The van der Waals surface area contributed by atoms with Gasteiger partial charge in [0.2, 0.25) is 0 Å². The number of carbonyl (C=O) groups is 1. The van der Waals surface area contributed by atoms with Gasteiger partial charge in [0.1, 0.15) is 11.5 Å². The molecule has 1 aromatic carbocycles. The van der Waals surface area contributed by atoms with Crippen molar-refractivity contribution >= 4 is 5.78 Å². The fourth-order valence-corrected chi connectivity index (χ4v) is 1.28. The lowest BCUT2D eigenvalue weighted by Crippen LogP contribution is -1.98. The van der Waals surface area contributed by atoms with Crippen LogP contribution in [0.25, 0.3) is 0 Å². The van der Waals surface area contributed by atoms with E-state index in [-0.39, 0.29) is 24.4 Å². The smallest absolute Gasteiger partial charge is 0.134 e. The summed E-state index contributed by atoms with van der Waals surface area (Å²) < 4.78 is 0. The van der Waals surface area contributed by atoms with Crippen LogP contribution < -0.4 is 0 Å². The van der Waals surface area contributed by atoms with Gasteiger partial charge in [0.25, 0.3) is 0 Å². The van der Waals surface area contributed by atoms with E-state index >= 15 is 0 Å². The van der Waals surface area contributed by atoms with Crippen LogP contribution in [-0.4, -0.2) is 10.9 Å². The predicted molar refractivity (Wildman–Crippen MR) is 51.8 cm³/mol. The molecule has 0 spiro atoms. The molecule has 0 aliphatic rings. The number of benzene rings is 1. The van der Waals surface area contributed by atoms with E-state index in [1.54, 1.807) is 18.2 Å². The molecular formula is C11H11NO2. The Kier molecular flexibility index (Phi) is 3.24. The van der Waals surface area contributed by atoms with Gasteiger partial charge in [0.15, 0.2) is 0 Å². The molecular weight excluding hydrogens is 178 g/mol. The van der Waals surface area contributed by atoms with Gasteiger partial charge in [0, 0.05) is 17.5 Å². The minimum Gasteiger partial charge on any atom is -0.507 e. The maximum atomic E-state index is 10.9. The van der Waals surface area contributed by atoms with E-state index in [9.17, 15) is 9.90 Å². The van der Waals surface area contributed by atoms with Crippen LogP contribution in [0.5, 0.6) is 5.75 Å². The summed E-state index contributed by atoms with van der Waals surface area (Å²) in [6, 6.07) is 7.08. The number of hydrogen-bond donors (Lipinski definition) is 1. The minimum absolute atomic E-state index is 0.00518. The maximum absolute atomic E-state index is 10.9. The number of phenolic OH excluding ortho intramolecular Hbond substituents is 1. The molecule has 3 heteroatoms. The van der Waals surface area contributed by atoms with E-state index in [1.807, 2.05) is 6.07 Å². The van der Waals surface area contributed by atoms with E-state index in [0.29, 0.717) is 11.1 Å². The molecule has 0 bridgehead atoms. The topological polar surface area (TPSA) is 61.1 Å². The zero-order valence-electron chi connectivity index (χ0n) is 7.95. The van der Waals surface area contributed by atoms with Gasteiger partial charge in [-0.3, -0.25) is 4.79 Å². The molecule has 72 valence electrons. The van der Waals surface area contributed by atoms with Crippen molar-refractivity contribution in [1.29, 1.82) is 5.26 Å². The highest BCUT2D eigenvalue weighted by atomic mass is 16.3. The maximum Gasteiger partial charge on any atom is 0.134 e. The molecule has 3 nitrogen and oxygen atoms in total. The molecule has 0 saturated carbocycles. The molecule has 1 N–H and O–H groups in total. The Labute approximate surface area is 82.6 Å². The number of nitrogens with zero attached hydrogens (tertiary/aromatic N) is 1. The second-order valence-corrected chi connectivity index (χ2v) is 3.14. The summed E-state index contributed by atoms with van der Waals surface area (Å²) in [4.78, 5) is 10.9. The first-order chi connectivity index (χ1) is 6.65. The average molecular weight is 189 g/mol. The number of aromatic hydroxyl groups is 1. The number of Topliss-reactive ketones (excluding diaryl/α,β-unsaturated/α-hetero) is 1. The van der Waals surface area contributed by atoms with Crippen LogP contribution in [0.2, 0.25) is 0 Å². The molecule has 1 aromatic rings. The van der Waals surface area contributed by atoms with Crippen molar-refractivity contribution in [3.05, 3.63) is 29.3 Å². The van der Waals surface area contributed by atoms with Gasteiger partial charge in [-0.15, -0.1) is 0 Å². The highest BCUT2D eigenvalue weighted by Gasteiger charge is 2.07. The van der Waals surface area contributed by atoms with Crippen molar-refractivity contribution in [3.63, 3.8) is 0 Å². The second kappa shape index (κ2) is 4.43. The first-order valence-corrected chi connectivity index (χ1v) is 4.31. The Hall–Kier alpha value is -1.82. The van der Waals surface area contributed by atoms with Crippen LogP contribution in [0.3, 0.4) is 0 Å². The number of ketones is 1. The number of rotatable bonds is 3. The zero-order valence-corrected chi connectivity index (χ0v) is 7.95. The molecule has 14 heavy (non-hydrogen) atoms. The highest BCUT2D eigenvalue weighted by Crippen LogP contribution is 2.23. The molecule has 0 heterocycles. The predicted octanol–water partition coefficient (Wildman–Crippen LogP) is 1.59. The van der Waals surface area contributed by atoms with Gasteiger partial charge in [-0.25, -0.2) is 0 Å². The molecule has 0 aromatic heterocycles. The highest BCUT2D eigenvalue weighted by molar-refractivity contribution is 5.79. The van der Waals surface area contributed by atoms with Gasteiger partial charge < -0.3 is 5.11 Å². The van der Waals surface area contributed by atoms with Gasteiger partial charge in [-0.05, 0) is 6.92 Å². The van der Waals surface area contributed by atoms with Crippen molar-refractivity contribution < 1.29 is 9.90 Å². The molecule has 0 amide bonds. The van der Waals surface area contributed by atoms with Crippen LogP contribution in [0, 0.1) is 11.3 Å². The number of carbonyl (C=O) groups excluding carboxylic acids is 1.